The molecule has 9 nitrogen and oxygen atoms in total. The van der Waals surface area contributed by atoms with E-state index in [9.17, 15) is 28.8 Å². The molecule has 68 heavy (non-hydrogen) atoms. The van der Waals surface area contributed by atoms with E-state index in [-0.39, 0.29) is 72.3 Å². The van der Waals surface area contributed by atoms with Gasteiger partial charge in [0.05, 0.1) is 23.6 Å². The van der Waals surface area contributed by atoms with Crippen molar-refractivity contribution in [1.29, 1.82) is 0 Å². The molecule has 6 aromatic rings. The molecule has 3 amide bonds. The molecule has 0 saturated heterocycles. The molecular weight excluding hydrogens is 887 g/mol. The second kappa shape index (κ2) is 27.9. The molecule has 6 rings (SSSR count). The van der Waals surface area contributed by atoms with Crippen LogP contribution in [0.2, 0.25) is 0 Å². The van der Waals surface area contributed by atoms with E-state index in [1.54, 1.807) is 0 Å². The van der Waals surface area contributed by atoms with Gasteiger partial charge in [-0.15, -0.1) is 0 Å². The fourth-order valence-corrected chi connectivity index (χ4v) is 9.79. The van der Waals surface area contributed by atoms with Gasteiger partial charge in [0.1, 0.15) is 5.78 Å². The molecule has 0 heterocycles. The number of carbonyl (C=O) groups is 6. The predicted octanol–water partition coefficient (Wildman–Crippen LogP) is 8.98. The van der Waals surface area contributed by atoms with Crippen molar-refractivity contribution < 1.29 is 28.8 Å². The monoisotopic (exact) mass is 945 g/mol. The predicted molar refractivity (Wildman–Crippen MR) is 274 cm³/mol. The van der Waals surface area contributed by atoms with Gasteiger partial charge in [-0.1, -0.05) is 204 Å². The van der Waals surface area contributed by atoms with Crippen LogP contribution in [0.15, 0.2) is 182 Å². The summed E-state index contributed by atoms with van der Waals surface area (Å²) in [6.07, 6.45) is 1.93. The molecule has 350 valence electrons. The van der Waals surface area contributed by atoms with Crippen molar-refractivity contribution in [1.82, 2.24) is 16.0 Å². The Kier molecular flexibility index (Phi) is 20.9. The minimum Gasteiger partial charge on any atom is -0.352 e. The van der Waals surface area contributed by atoms with Gasteiger partial charge in [0.2, 0.25) is 17.7 Å². The molecule has 4 atom stereocenters. The zero-order valence-corrected chi connectivity index (χ0v) is 39.8. The lowest BCUT2D eigenvalue weighted by molar-refractivity contribution is -0.132. The Morgan fingerprint density at radius 1 is 0.397 bits per heavy atom. The van der Waals surface area contributed by atoms with Crippen molar-refractivity contribution in [2.24, 2.45) is 11.8 Å². The van der Waals surface area contributed by atoms with E-state index in [2.05, 4.69) is 16.0 Å². The number of rotatable bonds is 28. The SMILES string of the molecule is O=C(CSSCC(=O)NC(Cc1ccccc1)C(=O)CC(Cc1ccccc1)C(=O)NCc1ccccc1)CC(Cc1ccccc1)C(=O)NC(Cc1ccccc1)C(=O)CCc1ccccc1. The maximum atomic E-state index is 14.2. The van der Waals surface area contributed by atoms with Crippen molar-refractivity contribution in [3.05, 3.63) is 215 Å². The molecule has 0 aliphatic heterocycles. The van der Waals surface area contributed by atoms with Crippen LogP contribution < -0.4 is 16.0 Å². The Labute approximate surface area is 408 Å². The summed E-state index contributed by atoms with van der Waals surface area (Å²) in [5.74, 6) is -2.84. The molecule has 0 radical (unpaired) electrons. The summed E-state index contributed by atoms with van der Waals surface area (Å²) in [6.45, 7) is 0.327. The summed E-state index contributed by atoms with van der Waals surface area (Å²) in [7, 11) is 2.41. The van der Waals surface area contributed by atoms with Crippen molar-refractivity contribution in [2.75, 3.05) is 11.5 Å². The van der Waals surface area contributed by atoms with Gasteiger partial charge in [-0.25, -0.2) is 0 Å². The molecule has 6 aromatic carbocycles. The molecule has 11 heteroatoms. The fraction of sp³-hybridized carbons (Fsp3) is 0.263. The molecule has 3 N–H and O–H groups in total. The summed E-state index contributed by atoms with van der Waals surface area (Å²) >= 11 is 0. The summed E-state index contributed by atoms with van der Waals surface area (Å²) in [6, 6.07) is 55.8. The van der Waals surface area contributed by atoms with Gasteiger partial charge in [-0.3, -0.25) is 28.8 Å². The largest absolute Gasteiger partial charge is 0.352 e. The number of aryl methyl sites for hydroxylation is 1. The van der Waals surface area contributed by atoms with Crippen LogP contribution in [0.4, 0.5) is 0 Å². The van der Waals surface area contributed by atoms with Crippen molar-refractivity contribution in [2.45, 2.75) is 70.0 Å². The Morgan fingerprint density at radius 3 is 1.28 bits per heavy atom. The number of amides is 3. The first-order chi connectivity index (χ1) is 33.2. The molecule has 0 aliphatic carbocycles. The Balaban J connectivity index is 1.06. The third kappa shape index (κ3) is 17.9. The van der Waals surface area contributed by atoms with E-state index in [0.29, 0.717) is 32.2 Å². The van der Waals surface area contributed by atoms with Crippen LogP contribution in [-0.4, -0.2) is 58.7 Å². The first-order valence-corrected chi connectivity index (χ1v) is 25.6. The van der Waals surface area contributed by atoms with E-state index in [1.807, 2.05) is 182 Å². The number of carbonyl (C=O) groups excluding carboxylic acids is 6. The lowest BCUT2D eigenvalue weighted by Crippen LogP contribution is -2.46. The first kappa shape index (κ1) is 50.8. The number of hydrogen-bond acceptors (Lipinski definition) is 8. The standard InChI is InChI=1S/C57H59N3O6S2/c61-50(37-48(33-43-21-9-2-10-22-43)57(66)60-51(35-45-25-13-4-14-26-45)53(62)32-31-42-19-7-1-8-20-42)40-67-68-41-55(64)59-52(36-46-27-15-5-16-28-46)54(63)38-49(34-44-23-11-3-12-24-44)56(65)58-39-47-29-17-6-18-30-47/h1-30,48-49,51-52H,31-41H2,(H,58,65)(H,59,64)(H,60,66). The van der Waals surface area contributed by atoms with Crippen LogP contribution in [0.5, 0.6) is 0 Å². The summed E-state index contributed by atoms with van der Waals surface area (Å²) in [5.41, 5.74) is 5.59. The molecule has 4 unspecified atom stereocenters. The van der Waals surface area contributed by atoms with Crippen LogP contribution in [0.25, 0.3) is 0 Å². The van der Waals surface area contributed by atoms with E-state index < -0.39 is 23.9 Å². The van der Waals surface area contributed by atoms with E-state index in [0.717, 1.165) is 33.4 Å². The van der Waals surface area contributed by atoms with Crippen LogP contribution in [-0.2, 0) is 67.4 Å². The van der Waals surface area contributed by atoms with Crippen molar-refractivity contribution in [3.8, 4) is 0 Å². The minimum absolute atomic E-state index is 0.0261. The van der Waals surface area contributed by atoms with Crippen molar-refractivity contribution in [3.63, 3.8) is 0 Å². The zero-order chi connectivity index (χ0) is 47.8. The second-order valence-electron chi connectivity index (χ2n) is 16.9. The first-order valence-electron chi connectivity index (χ1n) is 23.1. The Hall–Kier alpha value is -6.56. The molecule has 0 saturated carbocycles. The highest BCUT2D eigenvalue weighted by Crippen LogP contribution is 2.24. The third-order valence-electron chi connectivity index (χ3n) is 11.6. The maximum Gasteiger partial charge on any atom is 0.231 e. The third-order valence-corrected chi connectivity index (χ3v) is 13.8. The highest BCUT2D eigenvalue weighted by Gasteiger charge is 2.30. The van der Waals surface area contributed by atoms with E-state index >= 15 is 0 Å². The zero-order valence-electron chi connectivity index (χ0n) is 38.2. The van der Waals surface area contributed by atoms with Crippen LogP contribution in [0.3, 0.4) is 0 Å². The highest BCUT2D eigenvalue weighted by molar-refractivity contribution is 8.77. The minimum atomic E-state index is -0.884. The van der Waals surface area contributed by atoms with Gasteiger partial charge in [0.25, 0.3) is 0 Å². The lowest BCUT2D eigenvalue weighted by atomic mass is 9.89. The number of hydrogen-bond donors (Lipinski definition) is 3. The van der Waals surface area contributed by atoms with E-state index in [4.69, 9.17) is 0 Å². The average Bonchev–Trinajstić information content (AvgIpc) is 3.37. The molecular formula is C57H59N3O6S2. The molecule has 0 aliphatic rings. The second-order valence-corrected chi connectivity index (χ2v) is 19.4. The smallest absolute Gasteiger partial charge is 0.231 e. The quantitative estimate of drug-likeness (QED) is 0.0328. The van der Waals surface area contributed by atoms with Gasteiger partial charge < -0.3 is 16.0 Å². The van der Waals surface area contributed by atoms with Gasteiger partial charge in [-0.2, -0.15) is 0 Å². The van der Waals surface area contributed by atoms with Gasteiger partial charge in [0, 0.05) is 37.6 Å². The Morgan fingerprint density at radius 2 is 0.794 bits per heavy atom. The summed E-state index contributed by atoms with van der Waals surface area (Å²) in [4.78, 5) is 82.8. The fourth-order valence-electron chi connectivity index (χ4n) is 7.97. The van der Waals surface area contributed by atoms with Gasteiger partial charge >= 0.3 is 0 Å². The molecule has 0 bridgehead atoms. The number of benzene rings is 6. The average molecular weight is 946 g/mol. The molecule has 0 aromatic heterocycles. The normalized spacial score (nSPS) is 12.7. The summed E-state index contributed by atoms with van der Waals surface area (Å²) in [5, 5.41) is 8.99. The highest BCUT2D eigenvalue weighted by atomic mass is 33.1. The number of Topliss-reactive ketones (excluding diaryl/α,β-unsaturated/α-hetero) is 3. The van der Waals surface area contributed by atoms with Crippen LogP contribution in [0.1, 0.15) is 52.6 Å². The molecule has 0 fully saturated rings. The van der Waals surface area contributed by atoms with Gasteiger partial charge in [0.15, 0.2) is 11.6 Å². The molecule has 0 spiro atoms. The van der Waals surface area contributed by atoms with Crippen LogP contribution in [0, 0.1) is 11.8 Å². The van der Waals surface area contributed by atoms with Gasteiger partial charge in [-0.05, 0) is 65.5 Å². The summed E-state index contributed by atoms with van der Waals surface area (Å²) < 4.78 is 0. The van der Waals surface area contributed by atoms with Crippen LogP contribution >= 0.6 is 21.6 Å². The topological polar surface area (TPSA) is 139 Å². The number of nitrogens with one attached hydrogen (secondary N) is 3. The lowest BCUT2D eigenvalue weighted by Gasteiger charge is -2.22. The number of ketones is 3. The van der Waals surface area contributed by atoms with Crippen molar-refractivity contribution >= 4 is 56.7 Å². The Bertz CT molecular complexity index is 2320. The maximum absolute atomic E-state index is 14.2. The van der Waals surface area contributed by atoms with E-state index in [1.165, 1.54) is 21.6 Å².